The Kier molecular flexibility index (Phi) is 3.79. The summed E-state index contributed by atoms with van der Waals surface area (Å²) < 4.78 is 0. The topological polar surface area (TPSA) is 67.5 Å². The molecule has 1 heterocycles. The number of hydrogen-bond acceptors (Lipinski definition) is 4. The molecule has 0 radical (unpaired) electrons. The molecule has 0 aliphatic carbocycles. The van der Waals surface area contributed by atoms with E-state index in [0.717, 1.165) is 24.3 Å². The molecule has 1 unspecified atom stereocenters. The van der Waals surface area contributed by atoms with Gasteiger partial charge in [-0.05, 0) is 38.8 Å². The number of aliphatic hydroxyl groups excluding tert-OH is 1. The molecule has 0 bridgehead atoms. The fraction of sp³-hybridized carbons (Fsp3) is 0.533. The first-order valence-corrected chi connectivity index (χ1v) is 6.62. The van der Waals surface area contributed by atoms with Crippen molar-refractivity contribution in [1.29, 1.82) is 5.26 Å². The smallest absolute Gasteiger partial charge is 0.0992 e. The number of aliphatic hydroxyl groups is 2. The van der Waals surface area contributed by atoms with E-state index in [1.165, 1.54) is 0 Å². The predicted molar refractivity (Wildman–Crippen MR) is 73.9 cm³/mol. The number of rotatable bonds is 2. The van der Waals surface area contributed by atoms with Gasteiger partial charge in [0.2, 0.25) is 0 Å². The van der Waals surface area contributed by atoms with Crippen molar-refractivity contribution in [1.82, 2.24) is 0 Å². The van der Waals surface area contributed by atoms with Crippen molar-refractivity contribution in [2.45, 2.75) is 38.4 Å². The summed E-state index contributed by atoms with van der Waals surface area (Å²) in [6.45, 7) is 5.06. The second-order valence-electron chi connectivity index (χ2n) is 5.55. The fourth-order valence-electron chi connectivity index (χ4n) is 2.47. The van der Waals surface area contributed by atoms with Gasteiger partial charge in [0, 0.05) is 24.3 Å². The molecule has 1 aromatic carbocycles. The summed E-state index contributed by atoms with van der Waals surface area (Å²) in [5.74, 6) is 0. The molecule has 1 saturated heterocycles. The summed E-state index contributed by atoms with van der Waals surface area (Å²) in [6, 6.07) is 7.49. The van der Waals surface area contributed by atoms with Crippen molar-refractivity contribution in [2.75, 3.05) is 18.0 Å². The molecule has 1 fully saturated rings. The Morgan fingerprint density at radius 1 is 1.37 bits per heavy atom. The minimum absolute atomic E-state index is 0.565. The van der Waals surface area contributed by atoms with E-state index >= 15 is 0 Å². The second kappa shape index (κ2) is 5.20. The zero-order chi connectivity index (χ0) is 14.0. The van der Waals surface area contributed by atoms with Crippen LogP contribution in [-0.2, 0) is 0 Å². The van der Waals surface area contributed by atoms with Gasteiger partial charge in [-0.15, -0.1) is 0 Å². The first-order chi connectivity index (χ1) is 8.93. The molecule has 19 heavy (non-hydrogen) atoms. The maximum Gasteiger partial charge on any atom is 0.0992 e. The molecule has 0 aromatic heterocycles. The third-order valence-corrected chi connectivity index (χ3v) is 3.79. The van der Waals surface area contributed by atoms with Gasteiger partial charge in [-0.1, -0.05) is 6.07 Å². The van der Waals surface area contributed by atoms with Crippen LogP contribution in [-0.4, -0.2) is 28.9 Å². The molecule has 1 aliphatic heterocycles. The number of anilines is 1. The van der Waals surface area contributed by atoms with E-state index in [4.69, 9.17) is 5.26 Å². The van der Waals surface area contributed by atoms with E-state index in [9.17, 15) is 10.2 Å². The van der Waals surface area contributed by atoms with Gasteiger partial charge in [-0.25, -0.2) is 0 Å². The summed E-state index contributed by atoms with van der Waals surface area (Å²) in [6.07, 6.45) is 0.830. The zero-order valence-corrected chi connectivity index (χ0v) is 11.4. The van der Waals surface area contributed by atoms with Gasteiger partial charge >= 0.3 is 0 Å². The molecule has 0 amide bonds. The highest BCUT2D eigenvalue weighted by Gasteiger charge is 2.28. The van der Waals surface area contributed by atoms with Crippen LogP contribution in [0.1, 0.15) is 43.9 Å². The van der Waals surface area contributed by atoms with Crippen molar-refractivity contribution >= 4 is 5.69 Å². The lowest BCUT2D eigenvalue weighted by molar-refractivity contribution is 0.0350. The second-order valence-corrected chi connectivity index (χ2v) is 5.55. The quantitative estimate of drug-likeness (QED) is 0.853. The van der Waals surface area contributed by atoms with E-state index in [1.807, 2.05) is 19.1 Å². The standard InChI is InChI=1S/C15H20N2O2/c1-11(18)13-4-3-12(10-16)9-14(13)17-7-5-15(2,19)6-8-17/h3-4,9,11,18-19H,5-8H2,1-2H3. The molecule has 1 aliphatic rings. The maximum atomic E-state index is 9.99. The first kappa shape index (κ1) is 13.9. The molecule has 4 nitrogen and oxygen atoms in total. The Bertz CT molecular complexity index is 493. The van der Waals surface area contributed by atoms with Crippen LogP contribution in [0.3, 0.4) is 0 Å². The van der Waals surface area contributed by atoms with Crippen LogP contribution in [0.5, 0.6) is 0 Å². The lowest BCUT2D eigenvalue weighted by Crippen LogP contribution is -2.42. The highest BCUT2D eigenvalue weighted by molar-refractivity contribution is 5.58. The molecule has 1 atom stereocenters. The molecule has 2 N–H and O–H groups in total. The molecule has 0 saturated carbocycles. The molecule has 2 rings (SSSR count). The monoisotopic (exact) mass is 260 g/mol. The van der Waals surface area contributed by atoms with Crippen molar-refractivity contribution in [3.63, 3.8) is 0 Å². The normalized spacial score (nSPS) is 19.8. The Morgan fingerprint density at radius 3 is 2.53 bits per heavy atom. The lowest BCUT2D eigenvalue weighted by Gasteiger charge is -2.38. The van der Waals surface area contributed by atoms with Crippen molar-refractivity contribution in [3.05, 3.63) is 29.3 Å². The fourth-order valence-corrected chi connectivity index (χ4v) is 2.47. The third kappa shape index (κ3) is 3.06. The molecule has 4 heteroatoms. The average Bonchev–Trinajstić information content (AvgIpc) is 2.38. The van der Waals surface area contributed by atoms with E-state index in [1.54, 1.807) is 13.0 Å². The van der Waals surface area contributed by atoms with Gasteiger partial charge in [-0.2, -0.15) is 5.26 Å². The predicted octanol–water partition coefficient (Wildman–Crippen LogP) is 1.96. The maximum absolute atomic E-state index is 9.99. The van der Waals surface area contributed by atoms with Gasteiger partial charge < -0.3 is 15.1 Å². The Balaban J connectivity index is 2.30. The number of benzene rings is 1. The van der Waals surface area contributed by atoms with E-state index in [0.29, 0.717) is 18.4 Å². The van der Waals surface area contributed by atoms with Gasteiger partial charge in [-0.3, -0.25) is 0 Å². The molecule has 102 valence electrons. The number of hydrogen-bond donors (Lipinski definition) is 2. The Hall–Kier alpha value is -1.57. The number of nitrogens with zero attached hydrogens (tertiary/aromatic N) is 2. The first-order valence-electron chi connectivity index (χ1n) is 6.62. The van der Waals surface area contributed by atoms with Gasteiger partial charge in [0.15, 0.2) is 0 Å². The number of nitriles is 1. The lowest BCUT2D eigenvalue weighted by atomic mass is 9.92. The van der Waals surface area contributed by atoms with Crippen molar-refractivity contribution in [3.8, 4) is 6.07 Å². The molecular formula is C15H20N2O2. The Labute approximate surface area is 113 Å². The Morgan fingerprint density at radius 2 is 2.00 bits per heavy atom. The summed E-state index contributed by atoms with van der Waals surface area (Å²) >= 11 is 0. The van der Waals surface area contributed by atoms with E-state index in [-0.39, 0.29) is 0 Å². The third-order valence-electron chi connectivity index (χ3n) is 3.79. The average molecular weight is 260 g/mol. The molecule has 1 aromatic rings. The summed E-state index contributed by atoms with van der Waals surface area (Å²) in [5, 5.41) is 28.8. The SMILES string of the molecule is CC(O)c1ccc(C#N)cc1N1CCC(C)(O)CC1. The van der Waals surface area contributed by atoms with Crippen molar-refractivity contribution in [2.24, 2.45) is 0 Å². The molecule has 0 spiro atoms. The van der Waals surface area contributed by atoms with Crippen molar-refractivity contribution < 1.29 is 10.2 Å². The summed E-state index contributed by atoms with van der Waals surface area (Å²) in [7, 11) is 0. The van der Waals surface area contributed by atoms with Crippen LogP contribution in [0, 0.1) is 11.3 Å². The van der Waals surface area contributed by atoms with Gasteiger partial charge in [0.1, 0.15) is 0 Å². The van der Waals surface area contributed by atoms with Crippen LogP contribution in [0.4, 0.5) is 5.69 Å². The van der Waals surface area contributed by atoms with Crippen LogP contribution < -0.4 is 4.90 Å². The van der Waals surface area contributed by atoms with Crippen LogP contribution in [0.2, 0.25) is 0 Å². The highest BCUT2D eigenvalue weighted by Crippen LogP contribution is 2.32. The van der Waals surface area contributed by atoms with Crippen LogP contribution >= 0.6 is 0 Å². The summed E-state index contributed by atoms with van der Waals surface area (Å²) in [5.41, 5.74) is 1.73. The van der Waals surface area contributed by atoms with E-state index < -0.39 is 11.7 Å². The summed E-state index contributed by atoms with van der Waals surface area (Å²) in [4.78, 5) is 2.14. The highest BCUT2D eigenvalue weighted by atomic mass is 16.3. The minimum Gasteiger partial charge on any atom is -0.390 e. The van der Waals surface area contributed by atoms with Gasteiger partial charge in [0.25, 0.3) is 0 Å². The largest absolute Gasteiger partial charge is 0.390 e. The van der Waals surface area contributed by atoms with Crippen LogP contribution in [0.15, 0.2) is 18.2 Å². The minimum atomic E-state index is -0.603. The number of piperidine rings is 1. The zero-order valence-electron chi connectivity index (χ0n) is 11.4. The van der Waals surface area contributed by atoms with Crippen LogP contribution in [0.25, 0.3) is 0 Å². The van der Waals surface area contributed by atoms with E-state index in [2.05, 4.69) is 11.0 Å². The van der Waals surface area contributed by atoms with Gasteiger partial charge in [0.05, 0.1) is 23.3 Å². The molecular weight excluding hydrogens is 240 g/mol.